The maximum atomic E-state index is 12.5. The van der Waals surface area contributed by atoms with Gasteiger partial charge in [0.1, 0.15) is 16.9 Å². The number of para-hydroxylation sites is 1. The van der Waals surface area contributed by atoms with Gasteiger partial charge < -0.3 is 9.25 Å². The average Bonchev–Trinajstić information content (AvgIpc) is 3.04. The molecule has 0 N–H and O–H groups in total. The molecule has 1 aliphatic rings. The van der Waals surface area contributed by atoms with E-state index in [-0.39, 0.29) is 16.7 Å². The molecule has 2 heterocycles. The van der Waals surface area contributed by atoms with Crippen LogP contribution in [0.5, 0.6) is 0 Å². The van der Waals surface area contributed by atoms with Crippen LogP contribution in [0.3, 0.4) is 0 Å². The van der Waals surface area contributed by atoms with Crippen molar-refractivity contribution in [2.75, 3.05) is 0 Å². The molecule has 24 heavy (non-hydrogen) atoms. The van der Waals surface area contributed by atoms with Crippen LogP contribution in [0.25, 0.3) is 11.0 Å². The minimum Gasteiger partial charge on any atom is -0.460 e. The Kier molecular flexibility index (Phi) is 2.99. The Labute approximate surface area is 136 Å². The largest absolute Gasteiger partial charge is 0.460 e. The molecule has 2 aromatic carbocycles. The summed E-state index contributed by atoms with van der Waals surface area (Å²) in [5.41, 5.74) is 1.15. The van der Waals surface area contributed by atoms with Gasteiger partial charge >= 0.3 is 5.97 Å². The summed E-state index contributed by atoms with van der Waals surface area (Å²) < 4.78 is 5.51. The lowest BCUT2D eigenvalue weighted by molar-refractivity contribution is -0.0584. The number of carbonyl (C=O) groups excluding carboxylic acids is 3. The number of hydroxylamine groups is 2. The van der Waals surface area contributed by atoms with Crippen molar-refractivity contribution in [3.05, 3.63) is 71.0 Å². The number of hydrogen-bond acceptors (Lipinski definition) is 5. The van der Waals surface area contributed by atoms with Crippen molar-refractivity contribution >= 4 is 28.8 Å². The lowest BCUT2D eigenvalue weighted by atomic mass is 10.1. The van der Waals surface area contributed by atoms with Gasteiger partial charge in [0.05, 0.1) is 11.1 Å². The summed E-state index contributed by atoms with van der Waals surface area (Å²) in [5.74, 6) is -1.77. The van der Waals surface area contributed by atoms with Crippen LogP contribution in [0.2, 0.25) is 0 Å². The molecular weight excluding hydrogens is 310 g/mol. The monoisotopic (exact) mass is 321 g/mol. The normalized spacial score (nSPS) is 13.5. The quantitative estimate of drug-likeness (QED) is 0.678. The number of nitrogens with zero attached hydrogens (tertiary/aromatic N) is 1. The fourth-order valence-electron chi connectivity index (χ4n) is 2.80. The van der Waals surface area contributed by atoms with E-state index < -0.39 is 17.8 Å². The van der Waals surface area contributed by atoms with E-state index in [2.05, 4.69) is 0 Å². The van der Waals surface area contributed by atoms with Crippen LogP contribution in [0.15, 0.2) is 52.9 Å². The third-order valence-electron chi connectivity index (χ3n) is 3.91. The molecule has 1 aromatic heterocycles. The van der Waals surface area contributed by atoms with Crippen LogP contribution in [-0.2, 0) is 4.84 Å². The molecule has 1 aliphatic heterocycles. The summed E-state index contributed by atoms with van der Waals surface area (Å²) in [7, 11) is 0. The van der Waals surface area contributed by atoms with Gasteiger partial charge in [-0.1, -0.05) is 35.4 Å². The third kappa shape index (κ3) is 1.93. The fourth-order valence-corrected chi connectivity index (χ4v) is 2.80. The van der Waals surface area contributed by atoms with Gasteiger partial charge in [-0.25, -0.2) is 4.79 Å². The zero-order valence-electron chi connectivity index (χ0n) is 12.6. The highest BCUT2D eigenvalue weighted by Crippen LogP contribution is 2.28. The van der Waals surface area contributed by atoms with Crippen LogP contribution >= 0.6 is 0 Å². The van der Waals surface area contributed by atoms with Crippen LogP contribution in [-0.4, -0.2) is 22.8 Å². The Hall–Kier alpha value is -3.41. The molecule has 4 rings (SSSR count). The van der Waals surface area contributed by atoms with Crippen LogP contribution in [0.4, 0.5) is 0 Å². The number of imide groups is 1. The second kappa shape index (κ2) is 5.06. The number of furan rings is 1. The topological polar surface area (TPSA) is 76.8 Å². The first-order valence-corrected chi connectivity index (χ1v) is 7.26. The highest BCUT2D eigenvalue weighted by Gasteiger charge is 2.39. The Morgan fingerprint density at radius 1 is 0.958 bits per heavy atom. The second-order valence-corrected chi connectivity index (χ2v) is 5.36. The Bertz CT molecular complexity index is 982. The van der Waals surface area contributed by atoms with Crippen molar-refractivity contribution < 1.29 is 23.6 Å². The van der Waals surface area contributed by atoms with E-state index >= 15 is 0 Å². The van der Waals surface area contributed by atoms with E-state index in [1.165, 1.54) is 12.1 Å². The Morgan fingerprint density at radius 2 is 1.54 bits per heavy atom. The van der Waals surface area contributed by atoms with Crippen LogP contribution < -0.4 is 0 Å². The number of hydrogen-bond donors (Lipinski definition) is 0. The molecule has 6 heteroatoms. The highest BCUT2D eigenvalue weighted by atomic mass is 16.7. The standard InChI is InChI=1S/C18H11NO5/c1-10-15(13-8-4-5-9-14(13)23-10)18(22)24-19-16(20)11-6-2-3-7-12(11)17(19)21/h2-9H,1H3. The number of fused-ring (bicyclic) bond motifs is 2. The molecule has 0 aliphatic carbocycles. The van der Waals surface area contributed by atoms with E-state index in [0.29, 0.717) is 21.8 Å². The first-order chi connectivity index (χ1) is 11.6. The molecule has 0 fully saturated rings. The predicted octanol–water partition coefficient (Wildman–Crippen LogP) is 3.11. The number of aryl methyl sites for hydroxylation is 1. The van der Waals surface area contributed by atoms with Gasteiger partial charge in [0.2, 0.25) is 0 Å². The average molecular weight is 321 g/mol. The smallest absolute Gasteiger partial charge is 0.368 e. The third-order valence-corrected chi connectivity index (χ3v) is 3.91. The Balaban J connectivity index is 1.69. The Morgan fingerprint density at radius 3 is 2.21 bits per heavy atom. The number of carbonyl (C=O) groups is 3. The lowest BCUT2D eigenvalue weighted by Crippen LogP contribution is -2.32. The maximum absolute atomic E-state index is 12.5. The van der Waals surface area contributed by atoms with Crippen molar-refractivity contribution in [3.8, 4) is 0 Å². The van der Waals surface area contributed by atoms with Gasteiger partial charge in [-0.15, -0.1) is 0 Å². The summed E-state index contributed by atoms with van der Waals surface area (Å²) in [6.07, 6.45) is 0. The number of benzene rings is 2. The second-order valence-electron chi connectivity index (χ2n) is 5.36. The lowest BCUT2D eigenvalue weighted by Gasteiger charge is -2.12. The molecule has 0 saturated heterocycles. The molecule has 0 unspecified atom stereocenters. The minimum absolute atomic E-state index is 0.196. The first kappa shape index (κ1) is 14.2. The molecule has 0 atom stereocenters. The van der Waals surface area contributed by atoms with E-state index in [4.69, 9.17) is 9.25 Å². The zero-order valence-corrected chi connectivity index (χ0v) is 12.6. The van der Waals surface area contributed by atoms with E-state index in [0.717, 1.165) is 0 Å². The van der Waals surface area contributed by atoms with E-state index in [9.17, 15) is 14.4 Å². The van der Waals surface area contributed by atoms with Gasteiger partial charge in [-0.05, 0) is 25.1 Å². The van der Waals surface area contributed by atoms with Gasteiger partial charge in [0.25, 0.3) is 11.8 Å². The van der Waals surface area contributed by atoms with Crippen LogP contribution in [0.1, 0.15) is 36.8 Å². The van der Waals surface area contributed by atoms with E-state index in [1.807, 2.05) is 0 Å². The fraction of sp³-hybridized carbons (Fsp3) is 0.0556. The maximum Gasteiger partial charge on any atom is 0.368 e. The van der Waals surface area contributed by atoms with Crippen molar-refractivity contribution in [1.82, 2.24) is 5.06 Å². The molecule has 0 spiro atoms. The summed E-state index contributed by atoms with van der Waals surface area (Å²) in [5, 5.41) is 1.06. The van der Waals surface area contributed by atoms with Crippen molar-refractivity contribution in [2.24, 2.45) is 0 Å². The van der Waals surface area contributed by atoms with Crippen molar-refractivity contribution in [1.29, 1.82) is 0 Å². The molecule has 2 amide bonds. The van der Waals surface area contributed by atoms with Crippen molar-refractivity contribution in [3.63, 3.8) is 0 Å². The van der Waals surface area contributed by atoms with Crippen molar-refractivity contribution in [2.45, 2.75) is 6.92 Å². The summed E-state index contributed by atoms with van der Waals surface area (Å²) in [6.45, 7) is 1.62. The van der Waals surface area contributed by atoms with E-state index in [1.54, 1.807) is 43.3 Å². The van der Waals surface area contributed by atoms with Gasteiger partial charge in [0.15, 0.2) is 0 Å². The first-order valence-electron chi connectivity index (χ1n) is 7.26. The molecular formula is C18H11NO5. The molecule has 118 valence electrons. The molecule has 0 bridgehead atoms. The summed E-state index contributed by atoms with van der Waals surface area (Å²) in [4.78, 5) is 42.1. The molecule has 6 nitrogen and oxygen atoms in total. The summed E-state index contributed by atoms with van der Waals surface area (Å²) >= 11 is 0. The molecule has 3 aromatic rings. The number of rotatable bonds is 2. The van der Waals surface area contributed by atoms with Gasteiger partial charge in [-0.2, -0.15) is 0 Å². The predicted molar refractivity (Wildman–Crippen MR) is 83.3 cm³/mol. The summed E-state index contributed by atoms with van der Waals surface area (Å²) in [6, 6.07) is 13.3. The zero-order chi connectivity index (χ0) is 16.8. The van der Waals surface area contributed by atoms with Gasteiger partial charge in [-0.3, -0.25) is 9.59 Å². The van der Waals surface area contributed by atoms with Crippen LogP contribution in [0, 0.1) is 6.92 Å². The number of amides is 2. The minimum atomic E-state index is -0.813. The molecule has 0 saturated carbocycles. The van der Waals surface area contributed by atoms with Gasteiger partial charge in [0, 0.05) is 5.39 Å². The molecule has 0 radical (unpaired) electrons. The SMILES string of the molecule is Cc1oc2ccccc2c1C(=O)ON1C(=O)c2ccccc2C1=O. The highest BCUT2D eigenvalue weighted by molar-refractivity contribution is 6.21.